The summed E-state index contributed by atoms with van der Waals surface area (Å²) in [5.74, 6) is -0.0606. The molecule has 2 N–H and O–H groups in total. The lowest BCUT2D eigenvalue weighted by Gasteiger charge is -2.15. The van der Waals surface area contributed by atoms with E-state index in [-0.39, 0.29) is 17.4 Å². The highest BCUT2D eigenvalue weighted by Crippen LogP contribution is 2.15. The van der Waals surface area contributed by atoms with Gasteiger partial charge in [0.25, 0.3) is 0 Å². The Morgan fingerprint density at radius 3 is 2.40 bits per heavy atom. The fourth-order valence-electron chi connectivity index (χ4n) is 1.95. The lowest BCUT2D eigenvalue weighted by atomic mass is 10.2. The summed E-state index contributed by atoms with van der Waals surface area (Å²) in [7, 11) is 0.219. The summed E-state index contributed by atoms with van der Waals surface area (Å²) in [5, 5.41) is 2.64. The Kier molecular flexibility index (Phi) is 8.71. The molecule has 1 atom stereocenters. The molecule has 0 saturated heterocycles. The van der Waals surface area contributed by atoms with Gasteiger partial charge in [-0.15, -0.1) is 0 Å². The summed E-state index contributed by atoms with van der Waals surface area (Å²) in [6.07, 6.45) is 1.32. The summed E-state index contributed by atoms with van der Waals surface area (Å²) in [4.78, 5) is 13.6. The Balaban J connectivity index is 2.43. The van der Waals surface area contributed by atoms with Crippen LogP contribution in [0.2, 0.25) is 0 Å². The summed E-state index contributed by atoms with van der Waals surface area (Å²) < 4.78 is 32.1. The first kappa shape index (κ1) is 21.2. The maximum Gasteiger partial charge on any atom is 0.407 e. The predicted molar refractivity (Wildman–Crippen MR) is 99.4 cm³/mol. The summed E-state index contributed by atoms with van der Waals surface area (Å²) in [6.45, 7) is 4.83. The van der Waals surface area contributed by atoms with Crippen molar-refractivity contribution in [2.24, 2.45) is 5.92 Å². The molecule has 1 amide bonds. The van der Waals surface area contributed by atoms with Crippen LogP contribution in [-0.4, -0.2) is 48.3 Å². The molecule has 0 aromatic heterocycles. The normalized spacial score (nSPS) is 12.5. The molecule has 142 valence electrons. The molecule has 0 aliphatic heterocycles. The third-order valence-corrected chi connectivity index (χ3v) is 5.05. The van der Waals surface area contributed by atoms with Crippen molar-refractivity contribution in [2.75, 3.05) is 38.7 Å². The summed E-state index contributed by atoms with van der Waals surface area (Å²) in [5.41, 5.74) is 0.929. The molecule has 1 aromatic carbocycles. The van der Waals surface area contributed by atoms with Gasteiger partial charge in [-0.05, 0) is 36.6 Å². The van der Waals surface area contributed by atoms with E-state index < -0.39 is 16.1 Å². The Morgan fingerprint density at radius 1 is 1.20 bits per heavy atom. The number of alkyl carbamates (subject to hydrolysis) is 1. The van der Waals surface area contributed by atoms with Gasteiger partial charge >= 0.3 is 6.09 Å². The number of nitrogens with zero attached hydrogens (tertiary/aromatic N) is 1. The quantitative estimate of drug-likeness (QED) is 0.616. The van der Waals surface area contributed by atoms with Crippen LogP contribution in [0.1, 0.15) is 26.7 Å². The standard InChI is InChI=1S/C17H29N3O4S/c1-5-6-11-24-17(21)18-12-14(2)13-19-25(22,23)16-9-7-15(8-10-16)20(3)4/h7-10,14,19H,5-6,11-13H2,1-4H3,(H,18,21). The minimum atomic E-state index is -3.57. The van der Waals surface area contributed by atoms with Crippen LogP contribution in [0.25, 0.3) is 0 Å². The van der Waals surface area contributed by atoms with Crippen molar-refractivity contribution in [1.29, 1.82) is 0 Å². The van der Waals surface area contributed by atoms with E-state index in [2.05, 4.69) is 10.0 Å². The number of unbranched alkanes of at least 4 members (excludes halogenated alkanes) is 1. The number of carbonyl (C=O) groups excluding carboxylic acids is 1. The van der Waals surface area contributed by atoms with Gasteiger partial charge < -0.3 is 15.0 Å². The van der Waals surface area contributed by atoms with E-state index in [0.717, 1.165) is 18.5 Å². The molecule has 0 bridgehead atoms. The molecule has 0 radical (unpaired) electrons. The number of hydrogen-bond acceptors (Lipinski definition) is 5. The van der Waals surface area contributed by atoms with Gasteiger partial charge in [0, 0.05) is 32.9 Å². The van der Waals surface area contributed by atoms with E-state index in [9.17, 15) is 13.2 Å². The second kappa shape index (κ2) is 10.2. The van der Waals surface area contributed by atoms with E-state index in [1.165, 1.54) is 0 Å². The van der Waals surface area contributed by atoms with Gasteiger partial charge in [0.15, 0.2) is 0 Å². The minimum absolute atomic E-state index is 0.0606. The second-order valence-electron chi connectivity index (χ2n) is 6.22. The van der Waals surface area contributed by atoms with Crippen molar-refractivity contribution in [1.82, 2.24) is 10.0 Å². The lowest BCUT2D eigenvalue weighted by molar-refractivity contribution is 0.143. The summed E-state index contributed by atoms with van der Waals surface area (Å²) in [6, 6.07) is 6.66. The third-order valence-electron chi connectivity index (χ3n) is 3.61. The fraction of sp³-hybridized carbons (Fsp3) is 0.588. The Hall–Kier alpha value is -1.80. The fourth-order valence-corrected chi connectivity index (χ4v) is 3.11. The van der Waals surface area contributed by atoms with Crippen LogP contribution < -0.4 is 14.9 Å². The van der Waals surface area contributed by atoms with E-state index >= 15 is 0 Å². The van der Waals surface area contributed by atoms with Crippen molar-refractivity contribution < 1.29 is 17.9 Å². The Bertz CT molecular complexity index is 630. The molecule has 0 spiro atoms. The Morgan fingerprint density at radius 2 is 1.84 bits per heavy atom. The minimum Gasteiger partial charge on any atom is -0.450 e. The number of benzene rings is 1. The molecule has 0 aliphatic rings. The first-order chi connectivity index (χ1) is 11.8. The molecule has 1 aromatic rings. The SMILES string of the molecule is CCCCOC(=O)NCC(C)CNS(=O)(=O)c1ccc(N(C)C)cc1. The highest BCUT2D eigenvalue weighted by atomic mass is 32.2. The second-order valence-corrected chi connectivity index (χ2v) is 7.98. The maximum absolute atomic E-state index is 12.3. The van der Waals surface area contributed by atoms with Gasteiger partial charge in [-0.3, -0.25) is 0 Å². The van der Waals surface area contributed by atoms with Crippen LogP contribution in [0.4, 0.5) is 10.5 Å². The molecule has 1 unspecified atom stereocenters. The topological polar surface area (TPSA) is 87.7 Å². The summed E-state index contributed by atoms with van der Waals surface area (Å²) >= 11 is 0. The molecule has 7 nitrogen and oxygen atoms in total. The number of sulfonamides is 1. The zero-order chi connectivity index (χ0) is 18.9. The number of ether oxygens (including phenoxy) is 1. The number of carbonyl (C=O) groups is 1. The van der Waals surface area contributed by atoms with Crippen molar-refractivity contribution in [3.05, 3.63) is 24.3 Å². The molecule has 8 heteroatoms. The number of nitrogens with one attached hydrogen (secondary N) is 2. The van der Waals surface area contributed by atoms with Crippen LogP contribution in [0.5, 0.6) is 0 Å². The van der Waals surface area contributed by atoms with Crippen LogP contribution in [0, 0.1) is 5.92 Å². The van der Waals surface area contributed by atoms with Gasteiger partial charge in [-0.1, -0.05) is 20.3 Å². The van der Waals surface area contributed by atoms with Crippen LogP contribution in [0.15, 0.2) is 29.2 Å². The maximum atomic E-state index is 12.3. The number of rotatable bonds is 10. The average molecular weight is 372 g/mol. The molecular formula is C17H29N3O4S. The molecule has 0 heterocycles. The molecule has 0 fully saturated rings. The Labute approximate surface area is 150 Å². The number of amides is 1. The molecule has 25 heavy (non-hydrogen) atoms. The van der Waals surface area contributed by atoms with E-state index in [0.29, 0.717) is 13.2 Å². The van der Waals surface area contributed by atoms with Gasteiger partial charge in [-0.2, -0.15) is 0 Å². The third kappa shape index (κ3) is 7.74. The monoisotopic (exact) mass is 371 g/mol. The van der Waals surface area contributed by atoms with Gasteiger partial charge in [-0.25, -0.2) is 17.9 Å². The molecule has 1 rings (SSSR count). The lowest BCUT2D eigenvalue weighted by Crippen LogP contribution is -2.35. The first-order valence-electron chi connectivity index (χ1n) is 8.44. The van der Waals surface area contributed by atoms with Crippen LogP contribution >= 0.6 is 0 Å². The van der Waals surface area contributed by atoms with Crippen molar-refractivity contribution in [2.45, 2.75) is 31.6 Å². The molecule has 0 saturated carbocycles. The molecular weight excluding hydrogens is 342 g/mol. The highest BCUT2D eigenvalue weighted by Gasteiger charge is 2.16. The van der Waals surface area contributed by atoms with Gasteiger partial charge in [0.1, 0.15) is 0 Å². The van der Waals surface area contributed by atoms with E-state index in [4.69, 9.17) is 4.74 Å². The zero-order valence-electron chi connectivity index (χ0n) is 15.4. The average Bonchev–Trinajstić information content (AvgIpc) is 2.58. The zero-order valence-corrected chi connectivity index (χ0v) is 16.2. The van der Waals surface area contributed by atoms with Gasteiger partial charge in [0.2, 0.25) is 10.0 Å². The number of hydrogen-bond donors (Lipinski definition) is 2. The largest absolute Gasteiger partial charge is 0.450 e. The van der Waals surface area contributed by atoms with Crippen molar-refractivity contribution >= 4 is 21.8 Å². The predicted octanol–water partition coefficient (Wildman–Crippen LogP) is 2.19. The highest BCUT2D eigenvalue weighted by molar-refractivity contribution is 7.89. The van der Waals surface area contributed by atoms with E-state index in [1.807, 2.05) is 32.8 Å². The van der Waals surface area contributed by atoms with Crippen LogP contribution in [-0.2, 0) is 14.8 Å². The van der Waals surface area contributed by atoms with Gasteiger partial charge in [0.05, 0.1) is 11.5 Å². The van der Waals surface area contributed by atoms with Crippen molar-refractivity contribution in [3.63, 3.8) is 0 Å². The van der Waals surface area contributed by atoms with E-state index in [1.54, 1.807) is 24.3 Å². The van der Waals surface area contributed by atoms with Crippen molar-refractivity contribution in [3.8, 4) is 0 Å². The van der Waals surface area contributed by atoms with Crippen LogP contribution in [0.3, 0.4) is 0 Å². The smallest absolute Gasteiger partial charge is 0.407 e. The first-order valence-corrected chi connectivity index (χ1v) is 9.92. The molecule has 0 aliphatic carbocycles. The number of anilines is 1.